The van der Waals surface area contributed by atoms with Crippen molar-refractivity contribution in [1.29, 1.82) is 0 Å². The summed E-state index contributed by atoms with van der Waals surface area (Å²) in [5.74, 6) is -0.0236. The lowest BCUT2D eigenvalue weighted by Crippen LogP contribution is -2.54. The lowest BCUT2D eigenvalue weighted by molar-refractivity contribution is 0.0369. The molecule has 1 amide bonds. The van der Waals surface area contributed by atoms with Crippen molar-refractivity contribution in [1.82, 2.24) is 10.4 Å². The van der Waals surface area contributed by atoms with Crippen molar-refractivity contribution in [2.45, 2.75) is 51.6 Å². The van der Waals surface area contributed by atoms with Gasteiger partial charge in [-0.15, -0.1) is 0 Å². The number of hydrogen-bond acceptors (Lipinski definition) is 3. The van der Waals surface area contributed by atoms with Gasteiger partial charge in [-0.2, -0.15) is 0 Å². The molecule has 4 heteroatoms. The SMILES string of the molecule is CC1CCCC(C)N1NC(=O)c1cccc(CCN)c1. The second-order valence-electron chi connectivity index (χ2n) is 5.72. The molecule has 20 heavy (non-hydrogen) atoms. The number of amides is 1. The van der Waals surface area contributed by atoms with E-state index in [0.29, 0.717) is 24.2 Å². The largest absolute Gasteiger partial charge is 0.330 e. The Labute approximate surface area is 121 Å². The van der Waals surface area contributed by atoms with Crippen molar-refractivity contribution in [3.63, 3.8) is 0 Å². The molecule has 0 saturated carbocycles. The number of carbonyl (C=O) groups excluding carboxylic acids is 1. The van der Waals surface area contributed by atoms with Gasteiger partial charge in [0.2, 0.25) is 0 Å². The number of hydrazine groups is 1. The molecule has 1 heterocycles. The Balaban J connectivity index is 2.05. The van der Waals surface area contributed by atoms with Gasteiger partial charge in [-0.05, 0) is 57.4 Å². The van der Waals surface area contributed by atoms with E-state index in [2.05, 4.69) is 24.3 Å². The van der Waals surface area contributed by atoms with E-state index >= 15 is 0 Å². The number of nitrogens with two attached hydrogens (primary N) is 1. The molecule has 0 radical (unpaired) electrons. The summed E-state index contributed by atoms with van der Waals surface area (Å²) in [6.07, 6.45) is 4.31. The first-order valence-corrected chi connectivity index (χ1v) is 7.50. The Morgan fingerprint density at radius 2 is 2.05 bits per heavy atom. The van der Waals surface area contributed by atoms with Gasteiger partial charge in [-0.25, -0.2) is 5.01 Å². The fraction of sp³-hybridized carbons (Fsp3) is 0.562. The standard InChI is InChI=1S/C16H25N3O/c1-12-5-3-6-13(2)19(12)18-16(20)15-8-4-7-14(11-15)9-10-17/h4,7-8,11-13H,3,5-6,9-10,17H2,1-2H3,(H,18,20). The second-order valence-corrected chi connectivity index (χ2v) is 5.72. The van der Waals surface area contributed by atoms with E-state index in [1.54, 1.807) is 0 Å². The van der Waals surface area contributed by atoms with Gasteiger partial charge in [-0.3, -0.25) is 10.2 Å². The minimum Gasteiger partial charge on any atom is -0.330 e. The highest BCUT2D eigenvalue weighted by molar-refractivity contribution is 5.94. The predicted octanol–water partition coefficient (Wildman–Crippen LogP) is 2.10. The minimum absolute atomic E-state index is 0.0236. The van der Waals surface area contributed by atoms with Gasteiger partial charge >= 0.3 is 0 Å². The molecule has 0 spiro atoms. The maximum Gasteiger partial charge on any atom is 0.265 e. The third-order valence-electron chi connectivity index (χ3n) is 4.05. The normalized spacial score (nSPS) is 23.6. The van der Waals surface area contributed by atoms with Crippen molar-refractivity contribution in [3.05, 3.63) is 35.4 Å². The molecule has 1 aliphatic rings. The third-order valence-corrected chi connectivity index (χ3v) is 4.05. The molecule has 0 bridgehead atoms. The van der Waals surface area contributed by atoms with Gasteiger partial charge in [0, 0.05) is 17.6 Å². The molecule has 1 aromatic rings. The van der Waals surface area contributed by atoms with Crippen LogP contribution in [0.5, 0.6) is 0 Å². The highest BCUT2D eigenvalue weighted by Gasteiger charge is 2.26. The average molecular weight is 275 g/mol. The molecule has 2 atom stereocenters. The van der Waals surface area contributed by atoms with Gasteiger partial charge < -0.3 is 5.73 Å². The Kier molecular flexibility index (Phi) is 5.15. The maximum atomic E-state index is 12.4. The molecular weight excluding hydrogens is 250 g/mol. The summed E-state index contributed by atoms with van der Waals surface area (Å²) in [6.45, 7) is 4.94. The summed E-state index contributed by atoms with van der Waals surface area (Å²) in [5, 5.41) is 2.10. The number of hydrogen-bond donors (Lipinski definition) is 2. The fourth-order valence-electron chi connectivity index (χ4n) is 2.86. The molecule has 0 aliphatic carbocycles. The summed E-state index contributed by atoms with van der Waals surface area (Å²) in [6, 6.07) is 8.51. The zero-order valence-electron chi connectivity index (χ0n) is 12.4. The summed E-state index contributed by atoms with van der Waals surface area (Å²) >= 11 is 0. The molecule has 3 N–H and O–H groups in total. The van der Waals surface area contributed by atoms with Crippen molar-refractivity contribution >= 4 is 5.91 Å². The zero-order chi connectivity index (χ0) is 14.5. The highest BCUT2D eigenvalue weighted by Crippen LogP contribution is 2.20. The molecule has 2 unspecified atom stereocenters. The lowest BCUT2D eigenvalue weighted by atomic mass is 10.00. The van der Waals surface area contributed by atoms with Crippen LogP contribution >= 0.6 is 0 Å². The van der Waals surface area contributed by atoms with Crippen LogP contribution < -0.4 is 11.2 Å². The number of benzene rings is 1. The Morgan fingerprint density at radius 3 is 2.70 bits per heavy atom. The first-order chi connectivity index (χ1) is 9.61. The molecule has 1 saturated heterocycles. The van der Waals surface area contributed by atoms with E-state index < -0.39 is 0 Å². The van der Waals surface area contributed by atoms with E-state index in [0.717, 1.165) is 24.8 Å². The van der Waals surface area contributed by atoms with E-state index in [9.17, 15) is 4.79 Å². The van der Waals surface area contributed by atoms with Crippen LogP contribution in [0.1, 0.15) is 49.0 Å². The lowest BCUT2D eigenvalue weighted by Gasteiger charge is -2.38. The first-order valence-electron chi connectivity index (χ1n) is 7.50. The van der Waals surface area contributed by atoms with Crippen LogP contribution in [0.25, 0.3) is 0 Å². The second kappa shape index (κ2) is 6.86. The number of rotatable bonds is 4. The molecule has 1 aliphatic heterocycles. The maximum absolute atomic E-state index is 12.4. The van der Waals surface area contributed by atoms with E-state index in [1.807, 2.05) is 24.3 Å². The van der Waals surface area contributed by atoms with E-state index in [-0.39, 0.29) is 5.91 Å². The predicted molar refractivity (Wildman–Crippen MR) is 81.3 cm³/mol. The quantitative estimate of drug-likeness (QED) is 0.884. The smallest absolute Gasteiger partial charge is 0.265 e. The Hall–Kier alpha value is -1.39. The van der Waals surface area contributed by atoms with Gasteiger partial charge in [0.1, 0.15) is 0 Å². The van der Waals surface area contributed by atoms with Crippen LogP contribution in [0.4, 0.5) is 0 Å². The molecule has 110 valence electrons. The topological polar surface area (TPSA) is 58.4 Å². The van der Waals surface area contributed by atoms with Crippen molar-refractivity contribution < 1.29 is 4.79 Å². The van der Waals surface area contributed by atoms with E-state index in [1.165, 1.54) is 6.42 Å². The summed E-state index contributed by atoms with van der Waals surface area (Å²) in [7, 11) is 0. The first kappa shape index (κ1) is 15.0. The van der Waals surface area contributed by atoms with Crippen LogP contribution in [0.2, 0.25) is 0 Å². The van der Waals surface area contributed by atoms with Gasteiger partial charge in [0.25, 0.3) is 5.91 Å². The monoisotopic (exact) mass is 275 g/mol. The number of piperidine rings is 1. The van der Waals surface area contributed by atoms with E-state index in [4.69, 9.17) is 5.73 Å². The number of nitrogens with one attached hydrogen (secondary N) is 1. The van der Waals surface area contributed by atoms with Gasteiger partial charge in [0.15, 0.2) is 0 Å². The van der Waals surface area contributed by atoms with Crippen molar-refractivity contribution in [3.8, 4) is 0 Å². The van der Waals surface area contributed by atoms with Gasteiger partial charge in [0.05, 0.1) is 0 Å². The highest BCUT2D eigenvalue weighted by atomic mass is 16.2. The van der Waals surface area contributed by atoms with Gasteiger partial charge in [-0.1, -0.05) is 18.6 Å². The molecular formula is C16H25N3O. The van der Waals surface area contributed by atoms with Crippen molar-refractivity contribution in [2.24, 2.45) is 5.73 Å². The Morgan fingerprint density at radius 1 is 1.35 bits per heavy atom. The summed E-state index contributed by atoms with van der Waals surface area (Å²) in [4.78, 5) is 12.4. The zero-order valence-corrected chi connectivity index (χ0v) is 12.4. The number of carbonyl (C=O) groups is 1. The molecule has 0 aromatic heterocycles. The average Bonchev–Trinajstić information content (AvgIpc) is 2.43. The van der Waals surface area contributed by atoms with Crippen LogP contribution in [0.3, 0.4) is 0 Å². The molecule has 2 rings (SSSR count). The van der Waals surface area contributed by atoms with Crippen LogP contribution in [0.15, 0.2) is 24.3 Å². The fourth-order valence-corrected chi connectivity index (χ4v) is 2.86. The molecule has 1 aromatic carbocycles. The minimum atomic E-state index is -0.0236. The summed E-state index contributed by atoms with van der Waals surface area (Å²) in [5.41, 5.74) is 10.5. The van der Waals surface area contributed by atoms with Crippen LogP contribution in [0, 0.1) is 0 Å². The van der Waals surface area contributed by atoms with Crippen LogP contribution in [-0.4, -0.2) is 29.5 Å². The molecule has 4 nitrogen and oxygen atoms in total. The molecule has 1 fully saturated rings. The summed E-state index contributed by atoms with van der Waals surface area (Å²) < 4.78 is 0. The van der Waals surface area contributed by atoms with Crippen molar-refractivity contribution in [2.75, 3.05) is 6.54 Å². The van der Waals surface area contributed by atoms with Crippen LogP contribution in [-0.2, 0) is 6.42 Å². The number of nitrogens with zero attached hydrogens (tertiary/aromatic N) is 1. The Bertz CT molecular complexity index is 451. The third kappa shape index (κ3) is 3.58.